The second-order valence-electron chi connectivity index (χ2n) is 6.36. The molecule has 5 heteroatoms. The van der Waals surface area contributed by atoms with Gasteiger partial charge in [-0.1, -0.05) is 12.1 Å². The fourth-order valence-electron chi connectivity index (χ4n) is 3.55. The molecular formula is C20H20FN3O. The second kappa shape index (κ2) is 6.24. The van der Waals surface area contributed by atoms with Gasteiger partial charge in [0.1, 0.15) is 5.82 Å². The highest BCUT2D eigenvalue weighted by Crippen LogP contribution is 2.29. The predicted octanol–water partition coefficient (Wildman–Crippen LogP) is 4.39. The maximum Gasteiger partial charge on any atom is 0.322 e. The number of rotatable bonds is 2. The van der Waals surface area contributed by atoms with E-state index in [2.05, 4.69) is 41.2 Å². The van der Waals surface area contributed by atoms with Gasteiger partial charge in [-0.3, -0.25) is 0 Å². The highest BCUT2D eigenvalue weighted by Gasteiger charge is 2.22. The highest BCUT2D eigenvalue weighted by molar-refractivity contribution is 5.91. The number of hydrogen-bond acceptors (Lipinski definition) is 1. The van der Waals surface area contributed by atoms with Gasteiger partial charge in [-0.05, 0) is 54.8 Å². The average molecular weight is 337 g/mol. The Morgan fingerprint density at radius 1 is 1.16 bits per heavy atom. The van der Waals surface area contributed by atoms with E-state index in [9.17, 15) is 9.18 Å². The molecule has 4 rings (SSSR count). The van der Waals surface area contributed by atoms with E-state index in [-0.39, 0.29) is 11.8 Å². The van der Waals surface area contributed by atoms with E-state index < -0.39 is 0 Å². The standard InChI is InChI=1S/C20H20FN3O/c1-2-23-12-15-10-11-24(13-14-4-3-5-18(23)19(14)15)20(25)22-17-8-6-16(21)7-9-17/h3-9,12H,2,10-11,13H2,1H3,(H,22,25). The molecule has 128 valence electrons. The van der Waals surface area contributed by atoms with Crippen LogP contribution in [0.25, 0.3) is 10.9 Å². The first-order valence-electron chi connectivity index (χ1n) is 8.57. The molecule has 0 atom stereocenters. The van der Waals surface area contributed by atoms with Crippen LogP contribution in [-0.4, -0.2) is 22.0 Å². The van der Waals surface area contributed by atoms with Gasteiger partial charge in [0.25, 0.3) is 0 Å². The number of nitrogens with zero attached hydrogens (tertiary/aromatic N) is 2. The molecule has 0 aliphatic carbocycles. The van der Waals surface area contributed by atoms with Crippen molar-refractivity contribution in [1.82, 2.24) is 9.47 Å². The Hall–Kier alpha value is -2.82. The van der Waals surface area contributed by atoms with Crippen molar-refractivity contribution in [2.75, 3.05) is 11.9 Å². The van der Waals surface area contributed by atoms with Gasteiger partial charge in [0, 0.05) is 42.4 Å². The summed E-state index contributed by atoms with van der Waals surface area (Å²) in [7, 11) is 0. The molecule has 1 aromatic heterocycles. The lowest BCUT2D eigenvalue weighted by atomic mass is 10.1. The zero-order valence-electron chi connectivity index (χ0n) is 14.1. The Balaban J connectivity index is 1.60. The fourth-order valence-corrected chi connectivity index (χ4v) is 3.55. The monoisotopic (exact) mass is 337 g/mol. The van der Waals surface area contributed by atoms with Gasteiger partial charge in [0.05, 0.1) is 0 Å². The third kappa shape index (κ3) is 2.86. The number of amides is 2. The summed E-state index contributed by atoms with van der Waals surface area (Å²) >= 11 is 0. The number of benzene rings is 2. The third-order valence-corrected chi connectivity index (χ3v) is 4.81. The van der Waals surface area contributed by atoms with Gasteiger partial charge in [0.2, 0.25) is 0 Å². The minimum atomic E-state index is -0.313. The summed E-state index contributed by atoms with van der Waals surface area (Å²) in [4.78, 5) is 14.5. The van der Waals surface area contributed by atoms with Crippen LogP contribution in [0.15, 0.2) is 48.7 Å². The molecule has 0 saturated carbocycles. The molecule has 1 aliphatic rings. The number of aromatic nitrogens is 1. The smallest absolute Gasteiger partial charge is 0.322 e. The molecule has 1 aliphatic heterocycles. The van der Waals surface area contributed by atoms with Crippen molar-refractivity contribution in [3.05, 3.63) is 65.6 Å². The van der Waals surface area contributed by atoms with Gasteiger partial charge in [0.15, 0.2) is 0 Å². The average Bonchev–Trinajstić information content (AvgIpc) is 2.87. The lowest BCUT2D eigenvalue weighted by molar-refractivity contribution is 0.210. The van der Waals surface area contributed by atoms with Crippen LogP contribution in [0.2, 0.25) is 0 Å². The molecule has 0 saturated heterocycles. The highest BCUT2D eigenvalue weighted by atomic mass is 19.1. The lowest BCUT2D eigenvalue weighted by Crippen LogP contribution is -2.35. The van der Waals surface area contributed by atoms with E-state index in [0.29, 0.717) is 18.8 Å². The quantitative estimate of drug-likeness (QED) is 0.740. The molecule has 2 amide bonds. The summed E-state index contributed by atoms with van der Waals surface area (Å²) < 4.78 is 15.3. The van der Waals surface area contributed by atoms with E-state index in [4.69, 9.17) is 0 Å². The van der Waals surface area contributed by atoms with Crippen LogP contribution in [0.4, 0.5) is 14.9 Å². The number of carbonyl (C=O) groups excluding carboxylic acids is 1. The molecular weight excluding hydrogens is 317 g/mol. The van der Waals surface area contributed by atoms with Crippen molar-refractivity contribution in [1.29, 1.82) is 0 Å². The maximum absolute atomic E-state index is 13.0. The molecule has 0 fully saturated rings. The molecule has 0 radical (unpaired) electrons. The molecule has 2 aromatic carbocycles. The Morgan fingerprint density at radius 2 is 1.96 bits per heavy atom. The SMILES string of the molecule is CCn1cc2c3c(cccc31)CN(C(=O)Nc1ccc(F)cc1)CC2. The summed E-state index contributed by atoms with van der Waals surface area (Å²) in [6, 6.07) is 12.0. The summed E-state index contributed by atoms with van der Waals surface area (Å²) in [5, 5.41) is 4.13. The topological polar surface area (TPSA) is 37.3 Å². The summed E-state index contributed by atoms with van der Waals surface area (Å²) in [5.41, 5.74) is 4.30. The van der Waals surface area contributed by atoms with E-state index in [1.54, 1.807) is 12.1 Å². The summed E-state index contributed by atoms with van der Waals surface area (Å²) in [5.74, 6) is -0.313. The number of carbonyl (C=O) groups is 1. The van der Waals surface area contributed by atoms with Crippen LogP contribution in [0.5, 0.6) is 0 Å². The lowest BCUT2D eigenvalue weighted by Gasteiger charge is -2.22. The first-order valence-corrected chi connectivity index (χ1v) is 8.57. The zero-order chi connectivity index (χ0) is 17.4. The Kier molecular flexibility index (Phi) is 3.92. The van der Waals surface area contributed by atoms with Crippen LogP contribution in [0.1, 0.15) is 18.1 Å². The zero-order valence-corrected chi connectivity index (χ0v) is 14.1. The van der Waals surface area contributed by atoms with Crippen LogP contribution in [0, 0.1) is 5.82 Å². The van der Waals surface area contributed by atoms with Gasteiger partial charge < -0.3 is 14.8 Å². The fraction of sp³-hybridized carbons (Fsp3) is 0.250. The maximum atomic E-state index is 13.0. The predicted molar refractivity (Wildman–Crippen MR) is 97.1 cm³/mol. The third-order valence-electron chi connectivity index (χ3n) is 4.81. The van der Waals surface area contributed by atoms with E-state index >= 15 is 0 Å². The van der Waals surface area contributed by atoms with E-state index in [1.807, 2.05) is 4.90 Å². The molecule has 25 heavy (non-hydrogen) atoms. The Bertz CT molecular complexity index is 930. The normalized spacial score (nSPS) is 13.8. The van der Waals surface area contributed by atoms with E-state index in [0.717, 1.165) is 13.0 Å². The van der Waals surface area contributed by atoms with E-state index in [1.165, 1.54) is 34.2 Å². The number of aryl methyl sites for hydroxylation is 1. The van der Waals surface area contributed by atoms with Gasteiger partial charge in [-0.2, -0.15) is 0 Å². The van der Waals surface area contributed by atoms with Crippen molar-refractivity contribution >= 4 is 22.6 Å². The van der Waals surface area contributed by atoms with Gasteiger partial charge in [-0.25, -0.2) is 9.18 Å². The number of anilines is 1. The van der Waals surface area contributed by atoms with Crippen LogP contribution in [-0.2, 0) is 19.5 Å². The number of urea groups is 1. The van der Waals surface area contributed by atoms with Crippen molar-refractivity contribution in [3.63, 3.8) is 0 Å². The van der Waals surface area contributed by atoms with Crippen LogP contribution in [0.3, 0.4) is 0 Å². The van der Waals surface area contributed by atoms with Crippen LogP contribution < -0.4 is 5.32 Å². The van der Waals surface area contributed by atoms with Gasteiger partial charge >= 0.3 is 6.03 Å². The second-order valence-corrected chi connectivity index (χ2v) is 6.36. The Morgan fingerprint density at radius 3 is 2.72 bits per heavy atom. The van der Waals surface area contributed by atoms with Crippen LogP contribution >= 0.6 is 0 Å². The molecule has 4 nitrogen and oxygen atoms in total. The summed E-state index contributed by atoms with van der Waals surface area (Å²) in [6.45, 7) is 4.31. The largest absolute Gasteiger partial charge is 0.347 e. The van der Waals surface area contributed by atoms with Crippen molar-refractivity contribution in [3.8, 4) is 0 Å². The molecule has 0 spiro atoms. The number of halogens is 1. The van der Waals surface area contributed by atoms with Crippen molar-refractivity contribution in [2.24, 2.45) is 0 Å². The minimum Gasteiger partial charge on any atom is -0.347 e. The number of nitrogens with one attached hydrogen (secondary N) is 1. The first kappa shape index (κ1) is 15.7. The molecule has 3 aromatic rings. The van der Waals surface area contributed by atoms with Crippen molar-refractivity contribution in [2.45, 2.75) is 26.4 Å². The number of hydrogen-bond donors (Lipinski definition) is 1. The van der Waals surface area contributed by atoms with Crippen molar-refractivity contribution < 1.29 is 9.18 Å². The summed E-state index contributed by atoms with van der Waals surface area (Å²) in [6.07, 6.45) is 3.03. The minimum absolute atomic E-state index is 0.155. The molecule has 1 N–H and O–H groups in total. The molecule has 0 unspecified atom stereocenters. The molecule has 0 bridgehead atoms. The first-order chi connectivity index (χ1) is 12.2. The van der Waals surface area contributed by atoms with Gasteiger partial charge in [-0.15, -0.1) is 0 Å². The Labute approximate surface area is 145 Å². The molecule has 2 heterocycles.